The molecule has 1 aliphatic carbocycles. The van der Waals surface area contributed by atoms with E-state index in [2.05, 4.69) is 14.7 Å². The van der Waals surface area contributed by atoms with Crippen LogP contribution in [-0.2, 0) is 4.79 Å². The summed E-state index contributed by atoms with van der Waals surface area (Å²) < 4.78 is 4.14. The average molecular weight is 252 g/mol. The van der Waals surface area contributed by atoms with E-state index in [1.165, 1.54) is 24.4 Å². The lowest BCUT2D eigenvalue weighted by Gasteiger charge is -2.30. The average Bonchev–Trinajstić information content (AvgIpc) is 3.02. The van der Waals surface area contributed by atoms with Crippen molar-refractivity contribution in [1.29, 1.82) is 0 Å². The first-order chi connectivity index (χ1) is 8.24. The third-order valence-electron chi connectivity index (χ3n) is 3.20. The van der Waals surface area contributed by atoms with Crippen LogP contribution in [-0.4, -0.2) is 33.9 Å². The van der Waals surface area contributed by atoms with Crippen molar-refractivity contribution in [3.8, 4) is 0 Å². The Labute approximate surface area is 104 Å². The van der Waals surface area contributed by atoms with Crippen molar-refractivity contribution in [3.05, 3.63) is 5.82 Å². The second-order valence-corrected chi connectivity index (χ2v) is 5.48. The van der Waals surface area contributed by atoms with Gasteiger partial charge in [-0.1, -0.05) is 0 Å². The number of amides is 1. The summed E-state index contributed by atoms with van der Waals surface area (Å²) in [5, 5.41) is 4.16. The number of hydrogen-bond acceptors (Lipinski definition) is 5. The molecule has 1 aromatic rings. The molecule has 0 aromatic carbocycles. The Morgan fingerprint density at radius 2 is 2.24 bits per heavy atom. The van der Waals surface area contributed by atoms with Crippen molar-refractivity contribution < 1.29 is 4.79 Å². The summed E-state index contributed by atoms with van der Waals surface area (Å²) in [6.07, 6.45) is 4.40. The molecule has 6 heteroatoms. The van der Waals surface area contributed by atoms with Crippen LogP contribution in [0.3, 0.4) is 0 Å². The van der Waals surface area contributed by atoms with E-state index in [9.17, 15) is 4.79 Å². The van der Waals surface area contributed by atoms with Crippen LogP contribution in [0.4, 0.5) is 5.13 Å². The second-order valence-electron chi connectivity index (χ2n) is 4.75. The third kappa shape index (κ3) is 2.32. The van der Waals surface area contributed by atoms with Crippen LogP contribution in [0.5, 0.6) is 0 Å². The number of nitrogens with zero attached hydrogens (tertiary/aromatic N) is 3. The first-order valence-electron chi connectivity index (χ1n) is 6.12. The molecule has 92 valence electrons. The normalized spacial score (nSPS) is 25.4. The summed E-state index contributed by atoms with van der Waals surface area (Å²) in [6, 6.07) is 0.556. The minimum Gasteiger partial charge on any atom is -0.303 e. The smallest absolute Gasteiger partial charge is 0.245 e. The SMILES string of the molecule is Cc1nsc(N2CCCC(NC3CC3)C2=O)n1. The van der Waals surface area contributed by atoms with E-state index >= 15 is 0 Å². The molecule has 1 amide bonds. The molecule has 5 nitrogen and oxygen atoms in total. The number of hydrogen-bond donors (Lipinski definition) is 1. The number of piperidine rings is 1. The van der Waals surface area contributed by atoms with Gasteiger partial charge in [-0.3, -0.25) is 9.69 Å². The fourth-order valence-electron chi connectivity index (χ4n) is 2.15. The predicted molar refractivity (Wildman–Crippen MR) is 66.2 cm³/mol. The molecule has 0 bridgehead atoms. The van der Waals surface area contributed by atoms with Crippen LogP contribution >= 0.6 is 11.5 Å². The van der Waals surface area contributed by atoms with Crippen LogP contribution in [0.2, 0.25) is 0 Å². The van der Waals surface area contributed by atoms with E-state index in [1.807, 2.05) is 6.92 Å². The van der Waals surface area contributed by atoms with Crippen LogP contribution < -0.4 is 10.2 Å². The molecule has 0 radical (unpaired) electrons. The van der Waals surface area contributed by atoms with Gasteiger partial charge in [-0.15, -0.1) is 0 Å². The maximum absolute atomic E-state index is 12.3. The van der Waals surface area contributed by atoms with E-state index in [-0.39, 0.29) is 11.9 Å². The summed E-state index contributed by atoms with van der Waals surface area (Å²) in [6.45, 7) is 2.63. The van der Waals surface area contributed by atoms with Gasteiger partial charge in [0, 0.05) is 24.1 Å². The van der Waals surface area contributed by atoms with Crippen LogP contribution in [0.25, 0.3) is 0 Å². The summed E-state index contributed by atoms with van der Waals surface area (Å²) in [4.78, 5) is 18.4. The molecule has 1 N–H and O–H groups in total. The van der Waals surface area contributed by atoms with Crippen molar-refractivity contribution in [1.82, 2.24) is 14.7 Å². The number of aromatic nitrogens is 2. The van der Waals surface area contributed by atoms with E-state index in [0.717, 1.165) is 30.3 Å². The lowest BCUT2D eigenvalue weighted by Crippen LogP contribution is -2.51. The van der Waals surface area contributed by atoms with Gasteiger partial charge in [0.2, 0.25) is 11.0 Å². The summed E-state index contributed by atoms with van der Waals surface area (Å²) >= 11 is 1.31. The largest absolute Gasteiger partial charge is 0.303 e. The van der Waals surface area contributed by atoms with Gasteiger partial charge in [-0.05, 0) is 32.6 Å². The maximum Gasteiger partial charge on any atom is 0.245 e. The van der Waals surface area contributed by atoms with E-state index < -0.39 is 0 Å². The molecule has 0 spiro atoms. The van der Waals surface area contributed by atoms with Crippen molar-refractivity contribution in [3.63, 3.8) is 0 Å². The second kappa shape index (κ2) is 4.34. The Morgan fingerprint density at radius 3 is 2.88 bits per heavy atom. The van der Waals surface area contributed by atoms with E-state index in [0.29, 0.717) is 6.04 Å². The molecule has 1 unspecified atom stereocenters. The molecule has 3 rings (SSSR count). The van der Waals surface area contributed by atoms with Crippen LogP contribution in [0.1, 0.15) is 31.5 Å². The van der Waals surface area contributed by atoms with Gasteiger partial charge in [0.05, 0.1) is 6.04 Å². The Morgan fingerprint density at radius 1 is 1.41 bits per heavy atom. The summed E-state index contributed by atoms with van der Waals surface area (Å²) in [5.41, 5.74) is 0. The van der Waals surface area contributed by atoms with Gasteiger partial charge in [0.15, 0.2) is 0 Å². The highest BCUT2D eigenvalue weighted by Gasteiger charge is 2.34. The lowest BCUT2D eigenvalue weighted by atomic mass is 10.1. The fraction of sp³-hybridized carbons (Fsp3) is 0.727. The number of carbonyl (C=O) groups excluding carboxylic acids is 1. The van der Waals surface area contributed by atoms with Crippen molar-refractivity contribution in [2.45, 2.75) is 44.7 Å². The van der Waals surface area contributed by atoms with Gasteiger partial charge >= 0.3 is 0 Å². The molecule has 1 saturated carbocycles. The molecule has 2 fully saturated rings. The van der Waals surface area contributed by atoms with Crippen molar-refractivity contribution in [2.75, 3.05) is 11.4 Å². The standard InChI is InChI=1S/C11H16N4OS/c1-7-12-11(17-14-7)15-6-2-3-9(10(15)16)13-8-4-5-8/h8-9,13H,2-6H2,1H3. The Bertz CT molecular complexity index is 429. The van der Waals surface area contributed by atoms with Gasteiger partial charge in [0.1, 0.15) is 5.82 Å². The molecule has 1 aliphatic heterocycles. The fourth-order valence-corrected chi connectivity index (χ4v) is 2.86. The number of anilines is 1. The number of aryl methyl sites for hydroxylation is 1. The Hall–Kier alpha value is -1.01. The van der Waals surface area contributed by atoms with Gasteiger partial charge in [0.25, 0.3) is 0 Å². The predicted octanol–water partition coefficient (Wildman–Crippen LogP) is 1.09. The highest BCUT2D eigenvalue weighted by Crippen LogP contribution is 2.26. The molecule has 1 aromatic heterocycles. The van der Waals surface area contributed by atoms with Crippen LogP contribution in [0.15, 0.2) is 0 Å². The van der Waals surface area contributed by atoms with E-state index in [4.69, 9.17) is 0 Å². The lowest BCUT2D eigenvalue weighted by molar-refractivity contribution is -0.121. The zero-order valence-corrected chi connectivity index (χ0v) is 10.7. The van der Waals surface area contributed by atoms with Gasteiger partial charge in [-0.25, -0.2) is 4.98 Å². The molecule has 1 atom stereocenters. The molecular weight excluding hydrogens is 236 g/mol. The quantitative estimate of drug-likeness (QED) is 0.875. The topological polar surface area (TPSA) is 58.1 Å². The maximum atomic E-state index is 12.3. The minimum absolute atomic E-state index is 0.0135. The highest BCUT2D eigenvalue weighted by atomic mass is 32.1. The zero-order chi connectivity index (χ0) is 11.8. The number of carbonyl (C=O) groups is 1. The zero-order valence-electron chi connectivity index (χ0n) is 9.85. The molecule has 1 saturated heterocycles. The Kier molecular flexibility index (Phi) is 2.84. The monoisotopic (exact) mass is 252 g/mol. The molecular formula is C11H16N4OS. The van der Waals surface area contributed by atoms with Crippen molar-refractivity contribution in [2.24, 2.45) is 0 Å². The van der Waals surface area contributed by atoms with Crippen LogP contribution in [0, 0.1) is 6.92 Å². The molecule has 17 heavy (non-hydrogen) atoms. The van der Waals surface area contributed by atoms with E-state index in [1.54, 1.807) is 4.90 Å². The third-order valence-corrected chi connectivity index (χ3v) is 4.03. The minimum atomic E-state index is -0.0135. The summed E-state index contributed by atoms with van der Waals surface area (Å²) in [7, 11) is 0. The number of nitrogens with one attached hydrogen (secondary N) is 1. The highest BCUT2D eigenvalue weighted by molar-refractivity contribution is 7.09. The molecule has 2 aliphatic rings. The first-order valence-corrected chi connectivity index (χ1v) is 6.89. The van der Waals surface area contributed by atoms with Gasteiger partial charge in [-0.2, -0.15) is 4.37 Å². The first kappa shape index (κ1) is 11.1. The Balaban J connectivity index is 1.73. The summed E-state index contributed by atoms with van der Waals surface area (Å²) in [5.74, 6) is 0.911. The van der Waals surface area contributed by atoms with Gasteiger partial charge < -0.3 is 5.32 Å². The number of rotatable bonds is 3. The van der Waals surface area contributed by atoms with Crippen molar-refractivity contribution >= 4 is 22.6 Å². The molecule has 2 heterocycles.